The van der Waals surface area contributed by atoms with E-state index in [1.807, 2.05) is 6.07 Å². The quantitative estimate of drug-likeness (QED) is 0.623. The molecule has 0 aliphatic carbocycles. The molecule has 0 unspecified atom stereocenters. The van der Waals surface area contributed by atoms with Crippen LogP contribution in [0.5, 0.6) is 0 Å². The zero-order chi connectivity index (χ0) is 14.5. The second-order valence-corrected chi connectivity index (χ2v) is 5.08. The van der Waals surface area contributed by atoms with Crippen LogP contribution in [0, 0.1) is 11.3 Å². The Kier molecular flexibility index (Phi) is 5.02. The third-order valence-electron chi connectivity index (χ3n) is 2.91. The van der Waals surface area contributed by atoms with Crippen LogP contribution < -0.4 is 0 Å². The molecule has 0 spiro atoms. The summed E-state index contributed by atoms with van der Waals surface area (Å²) >= 11 is 11.9. The normalized spacial score (nSPS) is 15.8. The lowest BCUT2D eigenvalue weighted by atomic mass is 10.1. The topological polar surface area (TPSA) is 53.3 Å². The molecule has 1 saturated heterocycles. The number of carbonyl (C=O) groups excluding carboxylic acids is 1. The van der Waals surface area contributed by atoms with Crippen LogP contribution in [0.3, 0.4) is 0 Å². The van der Waals surface area contributed by atoms with Crippen LogP contribution >= 0.6 is 23.2 Å². The zero-order valence-electron chi connectivity index (χ0n) is 10.6. The highest BCUT2D eigenvalue weighted by atomic mass is 35.5. The number of halogens is 2. The van der Waals surface area contributed by atoms with E-state index in [0.29, 0.717) is 41.9 Å². The van der Waals surface area contributed by atoms with Gasteiger partial charge in [-0.15, -0.1) is 0 Å². The van der Waals surface area contributed by atoms with Crippen LogP contribution in [0.2, 0.25) is 10.0 Å². The van der Waals surface area contributed by atoms with Crippen molar-refractivity contribution in [2.24, 2.45) is 0 Å². The van der Waals surface area contributed by atoms with Crippen LogP contribution in [-0.2, 0) is 9.53 Å². The average molecular weight is 311 g/mol. The van der Waals surface area contributed by atoms with E-state index in [-0.39, 0.29) is 11.5 Å². The summed E-state index contributed by atoms with van der Waals surface area (Å²) in [5.41, 5.74) is 0.644. The number of hydrogen-bond acceptors (Lipinski definition) is 3. The molecule has 1 amide bonds. The van der Waals surface area contributed by atoms with Gasteiger partial charge in [0.05, 0.1) is 13.2 Å². The average Bonchev–Trinajstić information content (AvgIpc) is 2.47. The Morgan fingerprint density at radius 3 is 2.65 bits per heavy atom. The van der Waals surface area contributed by atoms with E-state index < -0.39 is 0 Å². The Morgan fingerprint density at radius 2 is 2.05 bits per heavy atom. The highest BCUT2D eigenvalue weighted by molar-refractivity contribution is 6.35. The van der Waals surface area contributed by atoms with Crippen LogP contribution in [-0.4, -0.2) is 37.1 Å². The summed E-state index contributed by atoms with van der Waals surface area (Å²) in [7, 11) is 0. The molecule has 0 radical (unpaired) electrons. The molecule has 1 aliphatic rings. The lowest BCUT2D eigenvalue weighted by molar-refractivity contribution is -0.130. The number of nitriles is 1. The second-order valence-electron chi connectivity index (χ2n) is 4.24. The predicted octanol–water partition coefficient (Wildman–Crippen LogP) is 2.76. The molecule has 0 saturated carbocycles. The molecule has 20 heavy (non-hydrogen) atoms. The summed E-state index contributed by atoms with van der Waals surface area (Å²) < 4.78 is 5.18. The molecule has 0 bridgehead atoms. The highest BCUT2D eigenvalue weighted by Crippen LogP contribution is 2.23. The van der Waals surface area contributed by atoms with Crippen molar-refractivity contribution >= 4 is 35.2 Å². The molecule has 104 valence electrons. The van der Waals surface area contributed by atoms with Crippen molar-refractivity contribution < 1.29 is 9.53 Å². The Morgan fingerprint density at radius 1 is 1.35 bits per heavy atom. The van der Waals surface area contributed by atoms with Gasteiger partial charge < -0.3 is 9.64 Å². The molecule has 6 heteroatoms. The van der Waals surface area contributed by atoms with Crippen molar-refractivity contribution in [1.29, 1.82) is 5.26 Å². The van der Waals surface area contributed by atoms with Gasteiger partial charge in [-0.05, 0) is 23.8 Å². The van der Waals surface area contributed by atoms with Gasteiger partial charge in [0.1, 0.15) is 11.6 Å². The fourth-order valence-corrected chi connectivity index (χ4v) is 2.32. The molecule has 1 aliphatic heterocycles. The number of ether oxygens (including phenoxy) is 1. The number of carbonyl (C=O) groups is 1. The zero-order valence-corrected chi connectivity index (χ0v) is 12.1. The van der Waals surface area contributed by atoms with Crippen molar-refractivity contribution in [3.8, 4) is 6.07 Å². The number of nitrogens with zero attached hydrogens (tertiary/aromatic N) is 2. The summed E-state index contributed by atoms with van der Waals surface area (Å²) in [5.74, 6) is -0.304. The first kappa shape index (κ1) is 14.9. The van der Waals surface area contributed by atoms with Gasteiger partial charge >= 0.3 is 0 Å². The first-order valence-corrected chi connectivity index (χ1v) is 6.81. The number of morpholine rings is 1. The number of rotatable bonds is 2. The summed E-state index contributed by atoms with van der Waals surface area (Å²) in [6.07, 6.45) is 1.48. The first-order chi connectivity index (χ1) is 9.61. The van der Waals surface area contributed by atoms with Crippen LogP contribution in [0.15, 0.2) is 23.8 Å². The minimum absolute atomic E-state index is 0.0520. The van der Waals surface area contributed by atoms with E-state index >= 15 is 0 Å². The fraction of sp³-hybridized carbons (Fsp3) is 0.286. The maximum absolute atomic E-state index is 12.2. The van der Waals surface area contributed by atoms with Crippen LogP contribution in [0.4, 0.5) is 0 Å². The molecule has 0 aromatic heterocycles. The van der Waals surface area contributed by atoms with Crippen molar-refractivity contribution in [3.63, 3.8) is 0 Å². The molecule has 2 rings (SSSR count). The largest absolute Gasteiger partial charge is 0.378 e. The van der Waals surface area contributed by atoms with Gasteiger partial charge in [-0.25, -0.2) is 0 Å². The number of hydrogen-bond donors (Lipinski definition) is 0. The van der Waals surface area contributed by atoms with Crippen molar-refractivity contribution in [1.82, 2.24) is 4.90 Å². The molecule has 1 aromatic rings. The maximum Gasteiger partial charge on any atom is 0.264 e. The third kappa shape index (κ3) is 3.51. The van der Waals surface area contributed by atoms with Crippen LogP contribution in [0.1, 0.15) is 5.56 Å². The monoisotopic (exact) mass is 310 g/mol. The Labute approximate surface area is 127 Å². The SMILES string of the molecule is N#C/C(=C/c1ccc(Cl)cc1Cl)C(=O)N1CCOCC1. The van der Waals surface area contributed by atoms with E-state index in [1.165, 1.54) is 6.08 Å². The molecule has 1 aromatic carbocycles. The standard InChI is InChI=1S/C14H12Cl2N2O2/c15-12-2-1-10(13(16)8-12)7-11(9-17)14(19)18-3-5-20-6-4-18/h1-2,7-8H,3-6H2/b11-7-. The van der Waals surface area contributed by atoms with Crippen molar-refractivity contribution in [3.05, 3.63) is 39.4 Å². The first-order valence-electron chi connectivity index (χ1n) is 6.05. The van der Waals surface area contributed by atoms with Crippen molar-refractivity contribution in [2.75, 3.05) is 26.3 Å². The molecule has 0 N–H and O–H groups in total. The number of benzene rings is 1. The van der Waals surface area contributed by atoms with E-state index in [2.05, 4.69) is 0 Å². The third-order valence-corrected chi connectivity index (χ3v) is 3.47. The van der Waals surface area contributed by atoms with Gasteiger partial charge in [-0.1, -0.05) is 29.3 Å². The molecule has 1 fully saturated rings. The summed E-state index contributed by atoms with van der Waals surface area (Å²) in [6, 6.07) is 6.83. The van der Waals surface area contributed by atoms with Gasteiger partial charge in [0.15, 0.2) is 0 Å². The lowest BCUT2D eigenvalue weighted by Gasteiger charge is -2.26. The maximum atomic E-state index is 12.2. The minimum Gasteiger partial charge on any atom is -0.378 e. The van der Waals surface area contributed by atoms with E-state index in [0.717, 1.165) is 0 Å². The number of amides is 1. The van der Waals surface area contributed by atoms with Gasteiger partial charge in [-0.3, -0.25) is 4.79 Å². The second kappa shape index (κ2) is 6.76. The summed E-state index contributed by atoms with van der Waals surface area (Å²) in [4.78, 5) is 13.8. The Hall–Kier alpha value is -1.54. The highest BCUT2D eigenvalue weighted by Gasteiger charge is 2.20. The summed E-state index contributed by atoms with van der Waals surface area (Å²) in [6.45, 7) is 1.97. The molecular formula is C14H12Cl2N2O2. The van der Waals surface area contributed by atoms with Gasteiger partial charge in [0, 0.05) is 23.1 Å². The van der Waals surface area contributed by atoms with Gasteiger partial charge in [0.25, 0.3) is 5.91 Å². The van der Waals surface area contributed by atoms with Crippen LogP contribution in [0.25, 0.3) is 6.08 Å². The smallest absolute Gasteiger partial charge is 0.264 e. The fourth-order valence-electron chi connectivity index (χ4n) is 1.85. The molecular weight excluding hydrogens is 299 g/mol. The Bertz CT molecular complexity index is 587. The van der Waals surface area contributed by atoms with Gasteiger partial charge in [-0.2, -0.15) is 5.26 Å². The lowest BCUT2D eigenvalue weighted by Crippen LogP contribution is -2.41. The van der Waals surface area contributed by atoms with E-state index in [4.69, 9.17) is 33.2 Å². The molecule has 4 nitrogen and oxygen atoms in total. The summed E-state index contributed by atoms with van der Waals surface area (Å²) in [5, 5.41) is 10.1. The van der Waals surface area contributed by atoms with E-state index in [1.54, 1.807) is 23.1 Å². The van der Waals surface area contributed by atoms with Gasteiger partial charge in [0.2, 0.25) is 0 Å². The Balaban J connectivity index is 2.24. The predicted molar refractivity (Wildman–Crippen MR) is 77.5 cm³/mol. The minimum atomic E-state index is -0.304. The van der Waals surface area contributed by atoms with Crippen molar-refractivity contribution in [2.45, 2.75) is 0 Å². The van der Waals surface area contributed by atoms with E-state index in [9.17, 15) is 4.79 Å². The molecule has 0 atom stereocenters. The molecule has 1 heterocycles.